The van der Waals surface area contributed by atoms with E-state index in [9.17, 15) is 5.11 Å². The molecule has 4 heteroatoms. The fraction of sp³-hybridized carbons (Fsp3) is 0.909. The summed E-state index contributed by atoms with van der Waals surface area (Å²) in [6, 6.07) is 0. The zero-order valence-electron chi connectivity index (χ0n) is 10.7. The van der Waals surface area contributed by atoms with Gasteiger partial charge >= 0.3 is 0 Å². The molecule has 0 aromatic carbocycles. The molecule has 0 amide bonds. The first-order chi connectivity index (χ1) is 6.64. The zero-order chi connectivity index (χ0) is 11.9. The molecule has 1 aliphatic rings. The Morgan fingerprint density at radius 3 is 2.07 bits per heavy atom. The van der Waals surface area contributed by atoms with Gasteiger partial charge in [-0.05, 0) is 41.5 Å². The van der Waals surface area contributed by atoms with E-state index in [2.05, 4.69) is 46.5 Å². The van der Waals surface area contributed by atoms with E-state index in [1.54, 1.807) is 6.34 Å². The van der Waals surface area contributed by atoms with Gasteiger partial charge in [-0.25, -0.2) is 4.90 Å². The van der Waals surface area contributed by atoms with Gasteiger partial charge in [0.1, 0.15) is 0 Å². The van der Waals surface area contributed by atoms with Gasteiger partial charge in [-0.15, -0.1) is 0 Å². The molecule has 0 saturated heterocycles. The molecule has 15 heavy (non-hydrogen) atoms. The van der Waals surface area contributed by atoms with E-state index in [1.165, 1.54) is 0 Å². The molecule has 0 fully saturated rings. The van der Waals surface area contributed by atoms with Gasteiger partial charge in [-0.1, -0.05) is 0 Å². The van der Waals surface area contributed by atoms with E-state index in [-0.39, 0.29) is 11.1 Å². The summed E-state index contributed by atoms with van der Waals surface area (Å²) < 4.78 is 0. The maximum Gasteiger partial charge on any atom is 0.189 e. The van der Waals surface area contributed by atoms with Crippen LogP contribution in [0, 0.1) is 0 Å². The minimum absolute atomic E-state index is 0.0827. The Morgan fingerprint density at radius 1 is 1.13 bits per heavy atom. The molecule has 0 spiro atoms. The van der Waals surface area contributed by atoms with E-state index in [4.69, 9.17) is 0 Å². The fourth-order valence-corrected chi connectivity index (χ4v) is 1.57. The summed E-state index contributed by atoms with van der Waals surface area (Å²) in [7, 11) is 0. The van der Waals surface area contributed by atoms with Crippen LogP contribution in [0.1, 0.15) is 41.5 Å². The number of nitrogens with zero attached hydrogens (tertiary/aromatic N) is 3. The highest BCUT2D eigenvalue weighted by molar-refractivity contribution is 5.57. The molecule has 0 bridgehead atoms. The summed E-state index contributed by atoms with van der Waals surface area (Å²) >= 11 is 0. The molecule has 1 atom stereocenters. The van der Waals surface area contributed by atoms with E-state index in [1.807, 2.05) is 9.80 Å². The summed E-state index contributed by atoms with van der Waals surface area (Å²) in [5.74, 6) is 0. The number of hydrogen-bond acceptors (Lipinski definition) is 4. The molecule has 0 aliphatic carbocycles. The van der Waals surface area contributed by atoms with Gasteiger partial charge in [0.05, 0.1) is 13.0 Å². The Hall–Kier alpha value is -0.610. The highest BCUT2D eigenvalue weighted by Crippen LogP contribution is 2.24. The van der Waals surface area contributed by atoms with Crippen molar-refractivity contribution in [2.45, 2.75) is 59.0 Å². The molecule has 1 rings (SSSR count). The van der Waals surface area contributed by atoms with Crippen molar-refractivity contribution in [1.82, 2.24) is 9.80 Å². The summed E-state index contributed by atoms with van der Waals surface area (Å²) in [6.45, 7) is 13.0. The Labute approximate surface area is 92.6 Å². The number of aliphatic imine (C=N–C) groups is 1. The second kappa shape index (κ2) is 3.76. The van der Waals surface area contributed by atoms with Crippen LogP contribution < -0.4 is 0 Å². The molecule has 0 radical (unpaired) electrons. The largest absolute Gasteiger partial charge is 0.361 e. The zero-order valence-corrected chi connectivity index (χ0v) is 10.7. The van der Waals surface area contributed by atoms with Gasteiger partial charge in [0.25, 0.3) is 0 Å². The van der Waals surface area contributed by atoms with Crippen LogP contribution in [-0.4, -0.2) is 45.3 Å². The minimum atomic E-state index is -0.595. The van der Waals surface area contributed by atoms with Gasteiger partial charge in [0.15, 0.2) is 6.35 Å². The number of aliphatic hydroxyl groups is 1. The van der Waals surface area contributed by atoms with E-state index >= 15 is 0 Å². The van der Waals surface area contributed by atoms with Crippen LogP contribution >= 0.6 is 0 Å². The Balaban J connectivity index is 2.90. The summed E-state index contributed by atoms with van der Waals surface area (Å²) in [4.78, 5) is 8.14. The first-order valence-electron chi connectivity index (χ1n) is 5.37. The monoisotopic (exact) mass is 213 g/mol. The molecule has 88 valence electrons. The maximum absolute atomic E-state index is 10.3. The molecule has 1 N–H and O–H groups in total. The average molecular weight is 213 g/mol. The Kier molecular flexibility index (Phi) is 3.12. The number of rotatable bonds is 0. The third-order valence-corrected chi connectivity index (χ3v) is 2.60. The smallest absolute Gasteiger partial charge is 0.189 e. The predicted octanol–water partition coefficient (Wildman–Crippen LogP) is 1.46. The first kappa shape index (κ1) is 12.5. The molecule has 0 aromatic heterocycles. The van der Waals surface area contributed by atoms with Crippen LogP contribution in [0.5, 0.6) is 0 Å². The lowest BCUT2D eigenvalue weighted by Crippen LogP contribution is -2.62. The standard InChI is InChI=1S/C11H23N3O/c1-10(2,3)13-7-12-8-14(9(13)15)11(4,5)6/h7,9,15H,8H2,1-6H3. The molecule has 1 unspecified atom stereocenters. The molecule has 4 nitrogen and oxygen atoms in total. The lowest BCUT2D eigenvalue weighted by Gasteiger charge is -2.48. The molecular formula is C11H23N3O. The van der Waals surface area contributed by atoms with Crippen LogP contribution in [0.2, 0.25) is 0 Å². The summed E-state index contributed by atoms with van der Waals surface area (Å²) in [5, 5.41) is 10.3. The SMILES string of the molecule is CC(C)(C)N1C=NCN(C(C)(C)C)C1O. The van der Waals surface area contributed by atoms with Crippen LogP contribution in [0.15, 0.2) is 4.99 Å². The third kappa shape index (κ3) is 2.69. The minimum Gasteiger partial charge on any atom is -0.361 e. The van der Waals surface area contributed by atoms with E-state index in [0.29, 0.717) is 6.67 Å². The van der Waals surface area contributed by atoms with Crippen molar-refractivity contribution in [3.63, 3.8) is 0 Å². The van der Waals surface area contributed by atoms with Gasteiger partial charge in [-0.2, -0.15) is 0 Å². The lowest BCUT2D eigenvalue weighted by atomic mass is 10.0. The molecule has 0 saturated carbocycles. The summed E-state index contributed by atoms with van der Waals surface area (Å²) in [6.07, 6.45) is 1.15. The normalized spacial score (nSPS) is 24.7. The number of aliphatic hydroxyl groups excluding tert-OH is 1. The second-order valence-corrected chi connectivity index (χ2v) is 6.00. The van der Waals surface area contributed by atoms with Gasteiger partial charge in [-0.3, -0.25) is 4.99 Å². The first-order valence-corrected chi connectivity index (χ1v) is 5.37. The number of hydrogen-bond donors (Lipinski definition) is 1. The summed E-state index contributed by atoms with van der Waals surface area (Å²) in [5.41, 5.74) is -0.201. The molecule has 0 aromatic rings. The topological polar surface area (TPSA) is 39.1 Å². The Bertz CT molecular complexity index is 250. The van der Waals surface area contributed by atoms with Crippen LogP contribution in [-0.2, 0) is 0 Å². The highest BCUT2D eigenvalue weighted by atomic mass is 16.3. The van der Waals surface area contributed by atoms with Crippen molar-refractivity contribution in [2.75, 3.05) is 6.67 Å². The van der Waals surface area contributed by atoms with Crippen molar-refractivity contribution < 1.29 is 5.11 Å². The quantitative estimate of drug-likeness (QED) is 0.662. The van der Waals surface area contributed by atoms with E-state index in [0.717, 1.165) is 0 Å². The van der Waals surface area contributed by atoms with E-state index < -0.39 is 6.35 Å². The third-order valence-electron chi connectivity index (χ3n) is 2.60. The van der Waals surface area contributed by atoms with Gasteiger partial charge < -0.3 is 10.0 Å². The van der Waals surface area contributed by atoms with Gasteiger partial charge in [0.2, 0.25) is 0 Å². The van der Waals surface area contributed by atoms with Crippen molar-refractivity contribution in [2.24, 2.45) is 4.99 Å². The van der Waals surface area contributed by atoms with Crippen LogP contribution in [0.25, 0.3) is 0 Å². The van der Waals surface area contributed by atoms with Gasteiger partial charge in [0, 0.05) is 11.1 Å². The Morgan fingerprint density at radius 2 is 1.67 bits per heavy atom. The predicted molar refractivity (Wildman–Crippen MR) is 62.5 cm³/mol. The maximum atomic E-state index is 10.3. The molecule has 1 heterocycles. The van der Waals surface area contributed by atoms with Crippen LogP contribution in [0.3, 0.4) is 0 Å². The van der Waals surface area contributed by atoms with Crippen molar-refractivity contribution in [3.05, 3.63) is 0 Å². The van der Waals surface area contributed by atoms with Crippen LogP contribution in [0.4, 0.5) is 0 Å². The van der Waals surface area contributed by atoms with Crippen molar-refractivity contribution in [3.8, 4) is 0 Å². The van der Waals surface area contributed by atoms with Crippen molar-refractivity contribution >= 4 is 6.34 Å². The second-order valence-electron chi connectivity index (χ2n) is 6.00. The molecular weight excluding hydrogens is 190 g/mol. The average Bonchev–Trinajstić information content (AvgIpc) is 1.99. The molecule has 1 aliphatic heterocycles. The fourth-order valence-electron chi connectivity index (χ4n) is 1.57. The lowest BCUT2D eigenvalue weighted by molar-refractivity contribution is -0.146. The highest BCUT2D eigenvalue weighted by Gasteiger charge is 2.36. The van der Waals surface area contributed by atoms with Crippen molar-refractivity contribution in [1.29, 1.82) is 0 Å².